The Morgan fingerprint density at radius 2 is 1.70 bits per heavy atom. The highest BCUT2D eigenvalue weighted by Gasteiger charge is 2.37. The molecule has 0 spiro atoms. The van der Waals surface area contributed by atoms with Crippen molar-refractivity contribution in [2.45, 2.75) is 13.3 Å². The second-order valence-corrected chi connectivity index (χ2v) is 4.62. The van der Waals surface area contributed by atoms with Gasteiger partial charge in [-0.1, -0.05) is 25.1 Å². The van der Waals surface area contributed by atoms with Gasteiger partial charge in [0, 0.05) is 0 Å². The highest BCUT2D eigenvalue weighted by molar-refractivity contribution is 6.34. The van der Waals surface area contributed by atoms with E-state index < -0.39 is 17.6 Å². The first-order valence-corrected chi connectivity index (χ1v) is 6.39. The summed E-state index contributed by atoms with van der Waals surface area (Å²) in [5, 5.41) is 0. The van der Waals surface area contributed by atoms with Gasteiger partial charge in [0.15, 0.2) is 0 Å². The molecular weight excluding hydrogens is 257 g/mol. The van der Waals surface area contributed by atoms with Gasteiger partial charge in [0.1, 0.15) is 5.82 Å². The Morgan fingerprint density at radius 3 is 2.45 bits per heavy atom. The average Bonchev–Trinajstić information content (AvgIpc) is 2.70. The Bertz CT molecular complexity index is 724. The first kappa shape index (κ1) is 12.5. The summed E-state index contributed by atoms with van der Waals surface area (Å²) in [4.78, 5) is 25.9. The van der Waals surface area contributed by atoms with Gasteiger partial charge in [-0.25, -0.2) is 9.29 Å². The van der Waals surface area contributed by atoms with Crippen molar-refractivity contribution < 1.29 is 14.0 Å². The number of anilines is 1. The lowest BCUT2D eigenvalue weighted by Gasteiger charge is -2.17. The van der Waals surface area contributed by atoms with E-state index in [1.165, 1.54) is 12.1 Å². The van der Waals surface area contributed by atoms with Crippen molar-refractivity contribution in [1.29, 1.82) is 0 Å². The van der Waals surface area contributed by atoms with Crippen molar-refractivity contribution in [1.82, 2.24) is 0 Å². The van der Waals surface area contributed by atoms with Gasteiger partial charge in [-0.15, -0.1) is 0 Å². The molecule has 0 saturated heterocycles. The average molecular weight is 269 g/mol. The van der Waals surface area contributed by atoms with E-state index in [1.807, 2.05) is 19.1 Å². The number of carbonyl (C=O) groups excluding carboxylic acids is 2. The minimum atomic E-state index is -0.518. The van der Waals surface area contributed by atoms with Gasteiger partial charge in [0.2, 0.25) is 0 Å². The van der Waals surface area contributed by atoms with Gasteiger partial charge >= 0.3 is 0 Å². The normalized spacial score (nSPS) is 13.8. The smallest absolute Gasteiger partial charge is 0.266 e. The van der Waals surface area contributed by atoms with E-state index in [1.54, 1.807) is 12.1 Å². The number of hydrogen-bond donors (Lipinski definition) is 0. The molecule has 4 heteroatoms. The van der Waals surface area contributed by atoms with Crippen LogP contribution in [0.4, 0.5) is 10.1 Å². The van der Waals surface area contributed by atoms with Gasteiger partial charge in [-0.3, -0.25) is 9.59 Å². The van der Waals surface area contributed by atoms with E-state index in [0.717, 1.165) is 16.5 Å². The second-order valence-electron chi connectivity index (χ2n) is 4.62. The van der Waals surface area contributed by atoms with E-state index in [0.29, 0.717) is 12.1 Å². The maximum absolute atomic E-state index is 13.3. The van der Waals surface area contributed by atoms with Crippen molar-refractivity contribution in [3.05, 3.63) is 65.0 Å². The summed E-state index contributed by atoms with van der Waals surface area (Å²) in [6, 6.07) is 10.9. The van der Waals surface area contributed by atoms with Crippen LogP contribution >= 0.6 is 0 Å². The zero-order chi connectivity index (χ0) is 14.3. The van der Waals surface area contributed by atoms with E-state index >= 15 is 0 Å². The number of rotatable bonds is 2. The number of aryl methyl sites for hydroxylation is 1. The lowest BCUT2D eigenvalue weighted by Crippen LogP contribution is -2.30. The maximum Gasteiger partial charge on any atom is 0.266 e. The molecule has 20 heavy (non-hydrogen) atoms. The van der Waals surface area contributed by atoms with Gasteiger partial charge in [0.25, 0.3) is 11.8 Å². The number of halogens is 1. The third-order valence-electron chi connectivity index (χ3n) is 3.46. The number of amides is 2. The lowest BCUT2D eigenvalue weighted by molar-refractivity contribution is 0.0926. The van der Waals surface area contributed by atoms with E-state index in [-0.39, 0.29) is 11.1 Å². The first-order chi connectivity index (χ1) is 9.63. The number of nitrogens with zero attached hydrogens (tertiary/aromatic N) is 1. The van der Waals surface area contributed by atoms with Crippen molar-refractivity contribution >= 4 is 17.5 Å². The lowest BCUT2D eigenvalue weighted by atomic mass is 10.1. The minimum absolute atomic E-state index is 0.126. The summed E-state index contributed by atoms with van der Waals surface area (Å²) in [6.07, 6.45) is 0.706. The van der Waals surface area contributed by atoms with Crippen molar-refractivity contribution in [3.63, 3.8) is 0 Å². The highest BCUT2D eigenvalue weighted by atomic mass is 19.1. The largest absolute Gasteiger partial charge is 0.268 e. The number of benzene rings is 2. The fraction of sp³-hybridized carbons (Fsp3) is 0.125. The summed E-state index contributed by atoms with van der Waals surface area (Å²) >= 11 is 0. The molecule has 0 saturated carbocycles. The zero-order valence-corrected chi connectivity index (χ0v) is 10.9. The number of carbonyl (C=O) groups is 2. The molecule has 0 atom stereocenters. The molecule has 0 unspecified atom stereocenters. The molecule has 0 N–H and O–H groups in total. The van der Waals surface area contributed by atoms with Gasteiger partial charge < -0.3 is 0 Å². The van der Waals surface area contributed by atoms with Crippen LogP contribution in [0.25, 0.3) is 0 Å². The number of para-hydroxylation sites is 1. The van der Waals surface area contributed by atoms with Crippen LogP contribution in [-0.4, -0.2) is 11.8 Å². The van der Waals surface area contributed by atoms with Crippen LogP contribution in [0.2, 0.25) is 0 Å². The predicted octanol–water partition coefficient (Wildman–Crippen LogP) is 3.19. The summed E-state index contributed by atoms with van der Waals surface area (Å²) in [5.74, 6) is -1.38. The highest BCUT2D eigenvalue weighted by Crippen LogP contribution is 2.31. The number of fused-ring (bicyclic) bond motifs is 1. The molecule has 3 nitrogen and oxygen atoms in total. The number of imide groups is 1. The molecule has 0 aliphatic carbocycles. The molecule has 2 amide bonds. The van der Waals surface area contributed by atoms with E-state index in [4.69, 9.17) is 0 Å². The molecule has 3 rings (SSSR count). The maximum atomic E-state index is 13.3. The minimum Gasteiger partial charge on any atom is -0.268 e. The standard InChI is InChI=1S/C16H12FNO2/c1-2-10-5-3-4-6-14(10)18-15(19)12-8-7-11(17)9-13(12)16(18)20/h3-9H,2H2,1H3. The van der Waals surface area contributed by atoms with Crippen molar-refractivity contribution in [2.75, 3.05) is 4.90 Å². The third-order valence-corrected chi connectivity index (χ3v) is 3.46. The molecule has 100 valence electrons. The van der Waals surface area contributed by atoms with Crippen LogP contribution in [0.1, 0.15) is 33.2 Å². The molecule has 2 aromatic carbocycles. The summed E-state index contributed by atoms with van der Waals surface area (Å²) in [5.41, 5.74) is 1.85. The Hall–Kier alpha value is -2.49. The molecule has 1 aliphatic rings. The van der Waals surface area contributed by atoms with Crippen LogP contribution in [0.15, 0.2) is 42.5 Å². The fourth-order valence-corrected chi connectivity index (χ4v) is 2.46. The molecule has 1 heterocycles. The van der Waals surface area contributed by atoms with E-state index in [2.05, 4.69) is 0 Å². The molecule has 0 radical (unpaired) electrons. The first-order valence-electron chi connectivity index (χ1n) is 6.39. The van der Waals surface area contributed by atoms with Gasteiger partial charge in [-0.05, 0) is 36.2 Å². The predicted molar refractivity (Wildman–Crippen MR) is 73.4 cm³/mol. The van der Waals surface area contributed by atoms with E-state index in [9.17, 15) is 14.0 Å². The molecule has 0 bridgehead atoms. The fourth-order valence-electron chi connectivity index (χ4n) is 2.46. The molecule has 1 aliphatic heterocycles. The van der Waals surface area contributed by atoms with Crippen molar-refractivity contribution in [3.8, 4) is 0 Å². The van der Waals surface area contributed by atoms with Gasteiger partial charge in [0.05, 0.1) is 16.8 Å². The Morgan fingerprint density at radius 1 is 1.00 bits per heavy atom. The SMILES string of the molecule is CCc1ccccc1N1C(=O)c2ccc(F)cc2C1=O. The number of hydrogen-bond acceptors (Lipinski definition) is 2. The Balaban J connectivity index is 2.14. The van der Waals surface area contributed by atoms with Crippen LogP contribution < -0.4 is 4.90 Å². The van der Waals surface area contributed by atoms with Crippen LogP contribution in [-0.2, 0) is 6.42 Å². The summed E-state index contributed by atoms with van der Waals surface area (Å²) in [7, 11) is 0. The van der Waals surface area contributed by atoms with Crippen LogP contribution in [0, 0.1) is 5.82 Å². The molecule has 2 aromatic rings. The molecular formula is C16H12FNO2. The van der Waals surface area contributed by atoms with Crippen LogP contribution in [0.3, 0.4) is 0 Å². The summed E-state index contributed by atoms with van der Waals surface area (Å²) in [6.45, 7) is 1.96. The van der Waals surface area contributed by atoms with Gasteiger partial charge in [-0.2, -0.15) is 0 Å². The molecule has 0 aromatic heterocycles. The Labute approximate surface area is 115 Å². The summed E-state index contributed by atoms with van der Waals surface area (Å²) < 4.78 is 13.3. The third kappa shape index (κ3) is 1.72. The second kappa shape index (κ2) is 4.56. The Kier molecular flexibility index (Phi) is 2.86. The zero-order valence-electron chi connectivity index (χ0n) is 10.9. The monoisotopic (exact) mass is 269 g/mol. The van der Waals surface area contributed by atoms with Crippen molar-refractivity contribution in [2.24, 2.45) is 0 Å². The molecule has 0 fully saturated rings. The van der Waals surface area contributed by atoms with Crippen LogP contribution in [0.5, 0.6) is 0 Å². The quantitative estimate of drug-likeness (QED) is 0.785. The topological polar surface area (TPSA) is 37.4 Å².